The van der Waals surface area contributed by atoms with Gasteiger partial charge in [-0.05, 0) is 37.0 Å². The van der Waals surface area contributed by atoms with Crippen molar-refractivity contribution in [2.75, 3.05) is 13.1 Å². The van der Waals surface area contributed by atoms with Gasteiger partial charge in [0.25, 0.3) is 0 Å². The summed E-state index contributed by atoms with van der Waals surface area (Å²) in [5.74, 6) is 0.677. The Labute approximate surface area is 127 Å². The molecule has 2 unspecified atom stereocenters. The molecule has 1 heterocycles. The van der Waals surface area contributed by atoms with Crippen LogP contribution < -0.4 is 5.32 Å². The van der Waals surface area contributed by atoms with Gasteiger partial charge in [0.2, 0.25) is 0 Å². The molecular weight excluding hydrogens is 265 g/mol. The van der Waals surface area contributed by atoms with E-state index >= 15 is 0 Å². The lowest BCUT2D eigenvalue weighted by Crippen LogP contribution is -2.53. The molecule has 0 bridgehead atoms. The number of halogens is 1. The Kier molecular flexibility index (Phi) is 4.60. The third-order valence-electron chi connectivity index (χ3n) is 4.86. The van der Waals surface area contributed by atoms with E-state index < -0.39 is 0 Å². The number of morpholine rings is 1. The fraction of sp³-hybridized carbons (Fsp3) is 0.667. The molecule has 0 aromatic heterocycles. The predicted molar refractivity (Wildman–Crippen MR) is 82.8 cm³/mol. The number of rotatable bonds is 4. The first-order valence-electron chi connectivity index (χ1n) is 8.26. The van der Waals surface area contributed by atoms with Gasteiger partial charge in [-0.25, -0.2) is 4.39 Å². The number of nitrogens with one attached hydrogen (secondary N) is 1. The first-order chi connectivity index (χ1) is 10.1. The van der Waals surface area contributed by atoms with Crippen LogP contribution in [0.25, 0.3) is 0 Å². The van der Waals surface area contributed by atoms with Gasteiger partial charge in [-0.2, -0.15) is 0 Å². The van der Waals surface area contributed by atoms with Crippen molar-refractivity contribution in [2.45, 2.75) is 57.2 Å². The van der Waals surface area contributed by atoms with Crippen molar-refractivity contribution in [1.29, 1.82) is 0 Å². The molecule has 116 valence electrons. The minimum absolute atomic E-state index is 0.164. The number of benzene rings is 1. The molecule has 2 fully saturated rings. The van der Waals surface area contributed by atoms with Gasteiger partial charge in [0, 0.05) is 19.5 Å². The maximum atomic E-state index is 13.3. The van der Waals surface area contributed by atoms with E-state index in [0.29, 0.717) is 6.10 Å². The van der Waals surface area contributed by atoms with Gasteiger partial charge in [0.1, 0.15) is 5.82 Å². The zero-order valence-corrected chi connectivity index (χ0v) is 12.9. The third-order valence-corrected chi connectivity index (χ3v) is 4.86. The number of hydrogen-bond donors (Lipinski definition) is 1. The zero-order valence-electron chi connectivity index (χ0n) is 12.9. The third kappa shape index (κ3) is 4.04. The lowest BCUT2D eigenvalue weighted by atomic mass is 9.92. The summed E-state index contributed by atoms with van der Waals surface area (Å²) >= 11 is 0. The molecule has 2 nitrogen and oxygen atoms in total. The Bertz CT molecular complexity index is 472. The van der Waals surface area contributed by atoms with E-state index in [9.17, 15) is 4.39 Å². The van der Waals surface area contributed by atoms with Gasteiger partial charge in [-0.15, -0.1) is 0 Å². The summed E-state index contributed by atoms with van der Waals surface area (Å²) in [4.78, 5) is 0. The van der Waals surface area contributed by atoms with Gasteiger partial charge < -0.3 is 10.1 Å². The summed E-state index contributed by atoms with van der Waals surface area (Å²) in [5.41, 5.74) is 0.788. The van der Waals surface area contributed by atoms with Crippen LogP contribution in [0.2, 0.25) is 0 Å². The maximum absolute atomic E-state index is 13.3. The quantitative estimate of drug-likeness (QED) is 0.913. The molecule has 3 heteroatoms. The van der Waals surface area contributed by atoms with Gasteiger partial charge in [-0.3, -0.25) is 0 Å². The van der Waals surface area contributed by atoms with Crippen LogP contribution >= 0.6 is 0 Å². The predicted octanol–water partition coefficient (Wildman–Crippen LogP) is 3.70. The first-order valence-corrected chi connectivity index (χ1v) is 8.26. The van der Waals surface area contributed by atoms with Gasteiger partial charge in [-0.1, -0.05) is 37.8 Å². The largest absolute Gasteiger partial charge is 0.369 e. The van der Waals surface area contributed by atoms with Gasteiger partial charge >= 0.3 is 0 Å². The second-order valence-electron chi connectivity index (χ2n) is 7.01. The standard InChI is InChI=1S/C18H26FNO/c1-18(11-15-7-4-8-16(19)9-15)13-20-12-17(21-18)10-14-5-2-3-6-14/h4,7-9,14,17,20H,2-3,5-6,10-13H2,1H3. The van der Waals surface area contributed by atoms with Crippen molar-refractivity contribution in [3.63, 3.8) is 0 Å². The molecule has 1 saturated heterocycles. The smallest absolute Gasteiger partial charge is 0.123 e. The molecule has 3 rings (SSSR count). The van der Waals surface area contributed by atoms with E-state index in [1.807, 2.05) is 6.07 Å². The van der Waals surface area contributed by atoms with Gasteiger partial charge in [0.05, 0.1) is 11.7 Å². The molecule has 1 aromatic rings. The second-order valence-corrected chi connectivity index (χ2v) is 7.01. The molecule has 1 aromatic carbocycles. The summed E-state index contributed by atoms with van der Waals surface area (Å²) in [7, 11) is 0. The fourth-order valence-electron chi connectivity index (χ4n) is 3.92. The molecule has 21 heavy (non-hydrogen) atoms. The summed E-state index contributed by atoms with van der Waals surface area (Å²) in [6.45, 7) is 3.94. The monoisotopic (exact) mass is 291 g/mol. The highest BCUT2D eigenvalue weighted by Gasteiger charge is 2.34. The Morgan fingerprint density at radius 3 is 2.90 bits per heavy atom. The van der Waals surface area contributed by atoms with Crippen molar-refractivity contribution >= 4 is 0 Å². The normalized spacial score (nSPS) is 30.7. The van der Waals surface area contributed by atoms with Crippen molar-refractivity contribution < 1.29 is 9.13 Å². The molecule has 0 spiro atoms. The molecule has 0 radical (unpaired) electrons. The van der Waals surface area contributed by atoms with Crippen molar-refractivity contribution in [1.82, 2.24) is 5.32 Å². The molecule has 1 aliphatic heterocycles. The van der Waals surface area contributed by atoms with Crippen LogP contribution in [0.5, 0.6) is 0 Å². The SMILES string of the molecule is CC1(Cc2cccc(F)c2)CNCC(CC2CCCC2)O1. The molecule has 2 atom stereocenters. The van der Waals surface area contributed by atoms with Crippen LogP contribution in [-0.2, 0) is 11.2 Å². The maximum Gasteiger partial charge on any atom is 0.123 e. The Hall–Kier alpha value is -0.930. The first kappa shape index (κ1) is 15.0. The van der Waals surface area contributed by atoms with Crippen molar-refractivity contribution in [3.8, 4) is 0 Å². The average molecular weight is 291 g/mol. The van der Waals surface area contributed by atoms with Crippen LogP contribution in [0.1, 0.15) is 44.6 Å². The molecule has 1 N–H and O–H groups in total. The minimum atomic E-state index is -0.227. The molecule has 0 amide bonds. The van der Waals surface area contributed by atoms with Crippen LogP contribution in [0, 0.1) is 11.7 Å². The minimum Gasteiger partial charge on any atom is -0.369 e. The van der Waals surface area contributed by atoms with E-state index in [4.69, 9.17) is 4.74 Å². The molecule has 1 aliphatic carbocycles. The summed E-state index contributed by atoms with van der Waals surface area (Å²) < 4.78 is 19.7. The van der Waals surface area contributed by atoms with Crippen LogP contribution in [-0.4, -0.2) is 24.8 Å². The topological polar surface area (TPSA) is 21.3 Å². The van der Waals surface area contributed by atoms with E-state index in [1.54, 1.807) is 12.1 Å². The summed E-state index contributed by atoms with van der Waals surface area (Å²) in [6.07, 6.45) is 7.72. The number of ether oxygens (including phenoxy) is 1. The van der Waals surface area contributed by atoms with E-state index in [2.05, 4.69) is 12.2 Å². The highest BCUT2D eigenvalue weighted by atomic mass is 19.1. The van der Waals surface area contributed by atoms with Crippen LogP contribution in [0.4, 0.5) is 4.39 Å². The van der Waals surface area contributed by atoms with E-state index in [1.165, 1.54) is 38.2 Å². The summed E-state index contributed by atoms with van der Waals surface area (Å²) in [6, 6.07) is 6.88. The number of hydrogen-bond acceptors (Lipinski definition) is 2. The van der Waals surface area contributed by atoms with E-state index in [0.717, 1.165) is 31.0 Å². The lowest BCUT2D eigenvalue weighted by molar-refractivity contribution is -0.111. The van der Waals surface area contributed by atoms with E-state index in [-0.39, 0.29) is 11.4 Å². The van der Waals surface area contributed by atoms with Crippen molar-refractivity contribution in [3.05, 3.63) is 35.6 Å². The second kappa shape index (κ2) is 6.45. The molecule has 2 aliphatic rings. The highest BCUT2D eigenvalue weighted by molar-refractivity contribution is 5.18. The van der Waals surface area contributed by atoms with Crippen molar-refractivity contribution in [2.24, 2.45) is 5.92 Å². The Morgan fingerprint density at radius 2 is 2.14 bits per heavy atom. The highest BCUT2D eigenvalue weighted by Crippen LogP contribution is 2.32. The zero-order chi connectivity index (χ0) is 14.7. The average Bonchev–Trinajstić information content (AvgIpc) is 2.91. The van der Waals surface area contributed by atoms with Gasteiger partial charge in [0.15, 0.2) is 0 Å². The molecule has 1 saturated carbocycles. The fourth-order valence-corrected chi connectivity index (χ4v) is 3.92. The summed E-state index contributed by atoms with van der Waals surface area (Å²) in [5, 5.41) is 3.52. The van der Waals surface area contributed by atoms with Crippen LogP contribution in [0.15, 0.2) is 24.3 Å². The molecular formula is C18H26FNO. The lowest BCUT2D eigenvalue weighted by Gasteiger charge is -2.40. The van der Waals surface area contributed by atoms with Crippen LogP contribution in [0.3, 0.4) is 0 Å². The Morgan fingerprint density at radius 1 is 1.33 bits per heavy atom. The Balaban J connectivity index is 1.60.